The van der Waals surface area contributed by atoms with E-state index in [1.807, 2.05) is 37.3 Å². The van der Waals surface area contributed by atoms with Gasteiger partial charge in [0.15, 0.2) is 0 Å². The van der Waals surface area contributed by atoms with Gasteiger partial charge >= 0.3 is 0 Å². The van der Waals surface area contributed by atoms with Gasteiger partial charge in [-0.3, -0.25) is 4.79 Å². The molecule has 0 radical (unpaired) electrons. The van der Waals surface area contributed by atoms with Crippen molar-refractivity contribution in [3.05, 3.63) is 35.9 Å². The van der Waals surface area contributed by atoms with Crippen molar-refractivity contribution in [2.24, 2.45) is 11.7 Å². The second-order valence-electron chi connectivity index (χ2n) is 5.28. The Morgan fingerprint density at radius 1 is 1.37 bits per heavy atom. The van der Waals surface area contributed by atoms with Gasteiger partial charge in [0.1, 0.15) is 0 Å². The molecule has 104 valence electrons. The number of ether oxygens (including phenoxy) is 1. The SMILES string of the molecule is CC(CN)(NC(=O)C1CCOCC1)c1ccccc1. The zero-order valence-corrected chi connectivity index (χ0v) is 11.4. The lowest BCUT2D eigenvalue weighted by Crippen LogP contribution is -2.51. The Labute approximate surface area is 114 Å². The summed E-state index contributed by atoms with van der Waals surface area (Å²) in [6.45, 7) is 3.69. The molecule has 1 aromatic rings. The van der Waals surface area contributed by atoms with Gasteiger partial charge in [0, 0.05) is 25.7 Å². The van der Waals surface area contributed by atoms with Crippen LogP contribution in [-0.4, -0.2) is 25.7 Å². The molecule has 2 rings (SSSR count). The summed E-state index contributed by atoms with van der Waals surface area (Å²) < 4.78 is 5.29. The Kier molecular flexibility index (Phi) is 4.56. The van der Waals surface area contributed by atoms with Crippen LogP contribution in [0.15, 0.2) is 30.3 Å². The highest BCUT2D eigenvalue weighted by Gasteiger charge is 2.30. The second kappa shape index (κ2) is 6.17. The predicted octanol–water partition coefficient (Wildman–Crippen LogP) is 1.40. The summed E-state index contributed by atoms with van der Waals surface area (Å²) in [5.74, 6) is 0.128. The normalized spacial score (nSPS) is 19.7. The Bertz CT molecular complexity index is 415. The zero-order valence-electron chi connectivity index (χ0n) is 11.4. The van der Waals surface area contributed by atoms with Crippen molar-refractivity contribution in [1.82, 2.24) is 5.32 Å². The lowest BCUT2D eigenvalue weighted by atomic mass is 9.90. The third-order valence-corrected chi connectivity index (χ3v) is 3.81. The van der Waals surface area contributed by atoms with Crippen molar-refractivity contribution in [1.29, 1.82) is 0 Å². The largest absolute Gasteiger partial charge is 0.381 e. The molecule has 1 amide bonds. The van der Waals surface area contributed by atoms with Gasteiger partial charge in [0.25, 0.3) is 0 Å². The summed E-state index contributed by atoms with van der Waals surface area (Å²) in [6, 6.07) is 9.88. The van der Waals surface area contributed by atoms with Gasteiger partial charge in [-0.1, -0.05) is 30.3 Å². The average Bonchev–Trinajstić information content (AvgIpc) is 2.49. The minimum absolute atomic E-state index is 0.0448. The maximum Gasteiger partial charge on any atom is 0.224 e. The third kappa shape index (κ3) is 3.33. The third-order valence-electron chi connectivity index (χ3n) is 3.81. The molecule has 1 aliphatic heterocycles. The first-order valence-corrected chi connectivity index (χ1v) is 6.81. The van der Waals surface area contributed by atoms with Crippen LogP contribution in [0.5, 0.6) is 0 Å². The van der Waals surface area contributed by atoms with Crippen LogP contribution in [0.2, 0.25) is 0 Å². The second-order valence-corrected chi connectivity index (χ2v) is 5.28. The Morgan fingerprint density at radius 3 is 2.58 bits per heavy atom. The summed E-state index contributed by atoms with van der Waals surface area (Å²) in [7, 11) is 0. The molecule has 0 bridgehead atoms. The molecule has 0 aliphatic carbocycles. The van der Waals surface area contributed by atoms with E-state index in [4.69, 9.17) is 10.5 Å². The quantitative estimate of drug-likeness (QED) is 0.862. The molecule has 1 heterocycles. The molecule has 3 N–H and O–H groups in total. The van der Waals surface area contributed by atoms with Gasteiger partial charge in [-0.25, -0.2) is 0 Å². The molecule has 1 aromatic carbocycles. The maximum absolute atomic E-state index is 12.3. The number of amides is 1. The minimum Gasteiger partial charge on any atom is -0.381 e. The molecular weight excluding hydrogens is 240 g/mol. The fraction of sp³-hybridized carbons (Fsp3) is 0.533. The average molecular weight is 262 g/mol. The highest BCUT2D eigenvalue weighted by Crippen LogP contribution is 2.22. The van der Waals surface area contributed by atoms with Gasteiger partial charge in [0.05, 0.1) is 5.54 Å². The molecule has 4 heteroatoms. The van der Waals surface area contributed by atoms with Crippen molar-refractivity contribution in [2.75, 3.05) is 19.8 Å². The van der Waals surface area contributed by atoms with Crippen molar-refractivity contribution >= 4 is 5.91 Å². The number of rotatable bonds is 4. The van der Waals surface area contributed by atoms with Crippen molar-refractivity contribution < 1.29 is 9.53 Å². The van der Waals surface area contributed by atoms with E-state index < -0.39 is 5.54 Å². The van der Waals surface area contributed by atoms with E-state index in [-0.39, 0.29) is 11.8 Å². The standard InChI is InChI=1S/C15H22N2O2/c1-15(11-16,13-5-3-2-4-6-13)17-14(18)12-7-9-19-10-8-12/h2-6,12H,7-11,16H2,1H3,(H,17,18). The predicted molar refractivity (Wildman–Crippen MR) is 74.5 cm³/mol. The number of hydrogen-bond acceptors (Lipinski definition) is 3. The van der Waals surface area contributed by atoms with Gasteiger partial charge in [-0.05, 0) is 25.3 Å². The summed E-state index contributed by atoms with van der Waals surface area (Å²) in [6.07, 6.45) is 1.59. The van der Waals surface area contributed by atoms with Crippen LogP contribution in [0.25, 0.3) is 0 Å². The summed E-state index contributed by atoms with van der Waals surface area (Å²) in [5, 5.41) is 3.11. The van der Waals surface area contributed by atoms with Crippen LogP contribution >= 0.6 is 0 Å². The number of carbonyl (C=O) groups is 1. The van der Waals surface area contributed by atoms with Gasteiger partial charge in [-0.2, -0.15) is 0 Å². The summed E-state index contributed by atoms with van der Waals surface area (Å²) in [4.78, 5) is 12.3. The molecule has 1 fully saturated rings. The van der Waals surface area contributed by atoms with E-state index in [9.17, 15) is 4.79 Å². The molecule has 4 nitrogen and oxygen atoms in total. The lowest BCUT2D eigenvalue weighted by Gasteiger charge is -2.32. The van der Waals surface area contributed by atoms with Gasteiger partial charge in [0.2, 0.25) is 5.91 Å². The first-order valence-electron chi connectivity index (χ1n) is 6.81. The van der Waals surface area contributed by atoms with Crippen LogP contribution < -0.4 is 11.1 Å². The first kappa shape index (κ1) is 14.0. The number of nitrogens with two attached hydrogens (primary N) is 1. The smallest absolute Gasteiger partial charge is 0.224 e. The van der Waals surface area contributed by atoms with E-state index in [1.165, 1.54) is 0 Å². The fourth-order valence-electron chi connectivity index (χ4n) is 2.38. The van der Waals surface area contributed by atoms with Crippen LogP contribution in [-0.2, 0) is 15.1 Å². The molecule has 1 unspecified atom stereocenters. The monoisotopic (exact) mass is 262 g/mol. The number of nitrogens with one attached hydrogen (secondary N) is 1. The van der Waals surface area contributed by atoms with Crippen LogP contribution in [0.1, 0.15) is 25.3 Å². The maximum atomic E-state index is 12.3. The van der Waals surface area contributed by atoms with E-state index >= 15 is 0 Å². The Hall–Kier alpha value is -1.39. The summed E-state index contributed by atoms with van der Waals surface area (Å²) >= 11 is 0. The van der Waals surface area contributed by atoms with Crippen LogP contribution in [0, 0.1) is 5.92 Å². The summed E-state index contributed by atoms with van der Waals surface area (Å²) in [5.41, 5.74) is 6.41. The Balaban J connectivity index is 2.07. The lowest BCUT2D eigenvalue weighted by molar-refractivity contribution is -0.129. The molecule has 0 spiro atoms. The van der Waals surface area contributed by atoms with E-state index in [1.54, 1.807) is 0 Å². The number of benzene rings is 1. The Morgan fingerprint density at radius 2 is 2.00 bits per heavy atom. The molecular formula is C15H22N2O2. The molecule has 1 saturated heterocycles. The van der Waals surface area contributed by atoms with Gasteiger partial charge in [-0.15, -0.1) is 0 Å². The fourth-order valence-corrected chi connectivity index (χ4v) is 2.38. The highest BCUT2D eigenvalue weighted by molar-refractivity contribution is 5.79. The van der Waals surface area contributed by atoms with Crippen LogP contribution in [0.3, 0.4) is 0 Å². The van der Waals surface area contributed by atoms with Crippen LogP contribution in [0.4, 0.5) is 0 Å². The molecule has 0 aromatic heterocycles. The molecule has 1 atom stereocenters. The number of hydrogen-bond donors (Lipinski definition) is 2. The topological polar surface area (TPSA) is 64.3 Å². The highest BCUT2D eigenvalue weighted by atomic mass is 16.5. The van der Waals surface area contributed by atoms with E-state index in [2.05, 4.69) is 5.32 Å². The minimum atomic E-state index is -0.503. The van der Waals surface area contributed by atoms with Gasteiger partial charge < -0.3 is 15.8 Å². The molecule has 19 heavy (non-hydrogen) atoms. The molecule has 0 saturated carbocycles. The zero-order chi connectivity index (χ0) is 13.7. The first-order chi connectivity index (χ1) is 9.15. The van der Waals surface area contributed by atoms with Crippen molar-refractivity contribution in [3.8, 4) is 0 Å². The van der Waals surface area contributed by atoms with Crippen molar-refractivity contribution in [3.63, 3.8) is 0 Å². The number of carbonyl (C=O) groups excluding carboxylic acids is 1. The molecule has 1 aliphatic rings. The van der Waals surface area contributed by atoms with E-state index in [0.717, 1.165) is 18.4 Å². The van der Waals surface area contributed by atoms with E-state index in [0.29, 0.717) is 19.8 Å². The van der Waals surface area contributed by atoms with Crippen molar-refractivity contribution in [2.45, 2.75) is 25.3 Å².